The third kappa shape index (κ3) is 3.74. The van der Waals surface area contributed by atoms with Crippen LogP contribution >= 0.6 is 11.3 Å². The molecular formula is C20H22N4O2S. The lowest BCUT2D eigenvalue weighted by Crippen LogP contribution is -2.52. The Kier molecular flexibility index (Phi) is 4.96. The van der Waals surface area contributed by atoms with Crippen molar-refractivity contribution in [2.45, 2.75) is 13.0 Å². The number of carbonyl (C=O) groups is 1. The Bertz CT molecular complexity index is 917. The highest BCUT2D eigenvalue weighted by atomic mass is 32.1. The van der Waals surface area contributed by atoms with Crippen LogP contribution in [0.15, 0.2) is 48.5 Å². The molecule has 2 aromatic carbocycles. The molecule has 1 aromatic heterocycles. The van der Waals surface area contributed by atoms with Gasteiger partial charge >= 0.3 is 0 Å². The van der Waals surface area contributed by atoms with Crippen molar-refractivity contribution in [1.82, 2.24) is 9.88 Å². The molecule has 0 unspecified atom stereocenters. The average molecular weight is 382 g/mol. The minimum Gasteiger partial charge on any atom is -0.506 e. The largest absolute Gasteiger partial charge is 0.506 e. The first-order chi connectivity index (χ1) is 13.1. The smallest absolute Gasteiger partial charge is 0.243 e. The minimum atomic E-state index is -0.233. The Morgan fingerprint density at radius 1 is 1.11 bits per heavy atom. The number of aromatic hydroxyl groups is 1. The Labute approximate surface area is 162 Å². The molecule has 0 spiro atoms. The van der Waals surface area contributed by atoms with E-state index >= 15 is 0 Å². The van der Waals surface area contributed by atoms with Gasteiger partial charge in [-0.15, -0.1) is 0 Å². The van der Waals surface area contributed by atoms with Crippen molar-refractivity contribution in [2.75, 3.05) is 36.4 Å². The van der Waals surface area contributed by atoms with Gasteiger partial charge in [0.15, 0.2) is 5.13 Å². The van der Waals surface area contributed by atoms with Gasteiger partial charge < -0.3 is 15.3 Å². The summed E-state index contributed by atoms with van der Waals surface area (Å²) in [6, 6.07) is 15.0. The lowest BCUT2D eigenvalue weighted by atomic mass is 10.2. The first-order valence-electron chi connectivity index (χ1n) is 9.05. The second-order valence-corrected chi connectivity index (χ2v) is 7.69. The third-order valence-electron chi connectivity index (χ3n) is 4.99. The summed E-state index contributed by atoms with van der Waals surface area (Å²) >= 11 is 1.49. The topological polar surface area (TPSA) is 68.7 Å². The van der Waals surface area contributed by atoms with Crippen molar-refractivity contribution in [2.24, 2.45) is 0 Å². The maximum Gasteiger partial charge on any atom is 0.243 e. The molecular weight excluding hydrogens is 360 g/mol. The summed E-state index contributed by atoms with van der Waals surface area (Å²) < 4.78 is 1.07. The van der Waals surface area contributed by atoms with Gasteiger partial charge in [-0.1, -0.05) is 35.6 Å². The van der Waals surface area contributed by atoms with Crippen LogP contribution < -0.4 is 10.2 Å². The van der Waals surface area contributed by atoms with Gasteiger partial charge in [-0.05, 0) is 31.2 Å². The van der Waals surface area contributed by atoms with Gasteiger partial charge in [0.1, 0.15) is 5.75 Å². The van der Waals surface area contributed by atoms with Crippen molar-refractivity contribution in [1.29, 1.82) is 0 Å². The van der Waals surface area contributed by atoms with Crippen molar-refractivity contribution in [3.8, 4) is 5.75 Å². The Morgan fingerprint density at radius 2 is 1.81 bits per heavy atom. The molecule has 0 radical (unpaired) electrons. The van der Waals surface area contributed by atoms with Gasteiger partial charge in [0.2, 0.25) is 5.91 Å². The van der Waals surface area contributed by atoms with Crippen molar-refractivity contribution in [3.05, 3.63) is 48.5 Å². The predicted molar refractivity (Wildman–Crippen MR) is 110 cm³/mol. The number of phenols is 1. The molecule has 27 heavy (non-hydrogen) atoms. The number of nitrogens with one attached hydrogen (secondary N) is 1. The molecule has 1 saturated heterocycles. The highest BCUT2D eigenvalue weighted by Gasteiger charge is 2.27. The number of nitrogens with zero attached hydrogens (tertiary/aromatic N) is 3. The summed E-state index contributed by atoms with van der Waals surface area (Å²) in [7, 11) is 0. The summed E-state index contributed by atoms with van der Waals surface area (Å²) in [5, 5.41) is 13.6. The number of anilines is 2. The van der Waals surface area contributed by atoms with Gasteiger partial charge in [-0.2, -0.15) is 0 Å². The van der Waals surface area contributed by atoms with E-state index in [1.165, 1.54) is 11.3 Å². The van der Waals surface area contributed by atoms with E-state index in [4.69, 9.17) is 0 Å². The number of phenolic OH excluding ortho intramolecular Hbond substituents is 1. The molecule has 3 aromatic rings. The summed E-state index contributed by atoms with van der Waals surface area (Å²) in [6.07, 6.45) is 0. The van der Waals surface area contributed by atoms with Gasteiger partial charge in [-0.3, -0.25) is 9.69 Å². The molecule has 0 bridgehead atoms. The molecule has 1 aliphatic heterocycles. The van der Waals surface area contributed by atoms with E-state index in [0.29, 0.717) is 10.9 Å². The number of hydrogen-bond acceptors (Lipinski definition) is 6. The third-order valence-corrected chi connectivity index (χ3v) is 5.94. The SMILES string of the molecule is C[C@H](C(=O)Nc1nc2ccccc2s1)N1CCN(c2ccccc2O)CC1. The number of hydrogen-bond donors (Lipinski definition) is 2. The number of fused-ring (bicyclic) bond motifs is 1. The maximum atomic E-state index is 12.7. The first kappa shape index (κ1) is 17.8. The van der Waals surface area contributed by atoms with Crippen molar-refractivity contribution < 1.29 is 9.90 Å². The van der Waals surface area contributed by atoms with E-state index in [9.17, 15) is 9.90 Å². The molecule has 2 heterocycles. The molecule has 4 rings (SSSR count). The van der Waals surface area contributed by atoms with Crippen LogP contribution in [-0.4, -0.2) is 53.1 Å². The fourth-order valence-electron chi connectivity index (χ4n) is 3.38. The average Bonchev–Trinajstić information content (AvgIpc) is 3.10. The summed E-state index contributed by atoms with van der Waals surface area (Å²) in [6.45, 7) is 5.01. The van der Waals surface area contributed by atoms with Crippen LogP contribution in [0, 0.1) is 0 Å². The molecule has 7 heteroatoms. The Morgan fingerprint density at radius 3 is 2.56 bits per heavy atom. The maximum absolute atomic E-state index is 12.7. The van der Waals surface area contributed by atoms with Crippen molar-refractivity contribution >= 4 is 38.3 Å². The van der Waals surface area contributed by atoms with Crippen LogP contribution in [0.25, 0.3) is 10.2 Å². The molecule has 1 amide bonds. The zero-order chi connectivity index (χ0) is 18.8. The van der Waals surface area contributed by atoms with Crippen LogP contribution in [0.1, 0.15) is 6.92 Å². The molecule has 2 N–H and O–H groups in total. The number of carbonyl (C=O) groups excluding carboxylic acids is 1. The Hall–Kier alpha value is -2.64. The second-order valence-electron chi connectivity index (χ2n) is 6.66. The molecule has 1 fully saturated rings. The summed E-state index contributed by atoms with van der Waals surface area (Å²) in [5.74, 6) is 0.262. The molecule has 0 aliphatic carbocycles. The zero-order valence-corrected chi connectivity index (χ0v) is 15.9. The highest BCUT2D eigenvalue weighted by Crippen LogP contribution is 2.28. The number of para-hydroxylation sites is 3. The van der Waals surface area contributed by atoms with E-state index in [1.807, 2.05) is 49.4 Å². The van der Waals surface area contributed by atoms with E-state index in [1.54, 1.807) is 6.07 Å². The number of piperazine rings is 1. The lowest BCUT2D eigenvalue weighted by Gasteiger charge is -2.38. The molecule has 1 atom stereocenters. The summed E-state index contributed by atoms with van der Waals surface area (Å²) in [5.41, 5.74) is 1.76. The van der Waals surface area contributed by atoms with Gasteiger partial charge in [0, 0.05) is 26.2 Å². The minimum absolute atomic E-state index is 0.0370. The quantitative estimate of drug-likeness (QED) is 0.725. The number of thiazole rings is 1. The number of rotatable bonds is 4. The molecule has 140 valence electrons. The monoisotopic (exact) mass is 382 g/mol. The van der Waals surface area contributed by atoms with Crippen molar-refractivity contribution in [3.63, 3.8) is 0 Å². The van der Waals surface area contributed by atoms with Crippen LogP contribution in [0.5, 0.6) is 5.75 Å². The van der Waals surface area contributed by atoms with E-state index in [2.05, 4.69) is 20.1 Å². The van der Waals surface area contributed by atoms with Crippen LogP contribution in [0.4, 0.5) is 10.8 Å². The first-order valence-corrected chi connectivity index (χ1v) is 9.87. The van der Waals surface area contributed by atoms with Gasteiger partial charge in [0.05, 0.1) is 21.9 Å². The van der Waals surface area contributed by atoms with E-state index in [0.717, 1.165) is 42.1 Å². The van der Waals surface area contributed by atoms with Crippen LogP contribution in [-0.2, 0) is 4.79 Å². The van der Waals surface area contributed by atoms with Crippen LogP contribution in [0.3, 0.4) is 0 Å². The van der Waals surface area contributed by atoms with Crippen LogP contribution in [0.2, 0.25) is 0 Å². The molecule has 1 aliphatic rings. The van der Waals surface area contributed by atoms with E-state index in [-0.39, 0.29) is 11.9 Å². The summed E-state index contributed by atoms with van der Waals surface area (Å²) in [4.78, 5) is 21.5. The fraction of sp³-hybridized carbons (Fsp3) is 0.300. The second kappa shape index (κ2) is 7.54. The van der Waals surface area contributed by atoms with E-state index < -0.39 is 0 Å². The van der Waals surface area contributed by atoms with Gasteiger partial charge in [0.25, 0.3) is 0 Å². The molecule has 0 saturated carbocycles. The zero-order valence-electron chi connectivity index (χ0n) is 15.1. The molecule has 6 nitrogen and oxygen atoms in total. The predicted octanol–water partition coefficient (Wildman–Crippen LogP) is 3.15. The Balaban J connectivity index is 1.36. The fourth-order valence-corrected chi connectivity index (χ4v) is 4.25. The normalized spacial score (nSPS) is 16.4. The lowest BCUT2D eigenvalue weighted by molar-refractivity contribution is -0.120. The standard InChI is InChI=1S/C20H22N4O2S/c1-14(19(26)22-20-21-15-6-2-5-9-18(15)27-20)23-10-12-24(13-11-23)16-7-3-4-8-17(16)25/h2-9,14,25H,10-13H2,1H3,(H,21,22,26)/t14-/m1/s1. The van der Waals surface area contributed by atoms with Gasteiger partial charge in [-0.25, -0.2) is 4.98 Å². The number of benzene rings is 2. The highest BCUT2D eigenvalue weighted by molar-refractivity contribution is 7.22. The number of aromatic nitrogens is 1. The number of amides is 1.